The number of nitrogens with one attached hydrogen (secondary N) is 1. The van der Waals surface area contributed by atoms with Crippen LogP contribution in [0.2, 0.25) is 0 Å². The lowest BCUT2D eigenvalue weighted by molar-refractivity contribution is 1.04. The number of hydrogen-bond donors (Lipinski definition) is 1. The van der Waals surface area contributed by atoms with E-state index in [9.17, 15) is 0 Å². The Balaban J connectivity index is 1.95. The fraction of sp³-hybridized carbons (Fsp3) is 0.222. The minimum absolute atomic E-state index is 0.775. The maximum Gasteiger partial charge on any atom is 0.125 e. The van der Waals surface area contributed by atoms with Crippen molar-refractivity contribution < 1.29 is 0 Å². The van der Waals surface area contributed by atoms with Crippen LogP contribution in [0.15, 0.2) is 24.7 Å². The van der Waals surface area contributed by atoms with Crippen molar-refractivity contribution in [2.75, 3.05) is 5.32 Å². The Morgan fingerprint density at radius 2 is 2.14 bits per heavy atom. The van der Waals surface area contributed by atoms with Gasteiger partial charge in [-0.3, -0.25) is 0 Å². The van der Waals surface area contributed by atoms with Gasteiger partial charge in [-0.05, 0) is 24.5 Å². The molecule has 0 aliphatic rings. The van der Waals surface area contributed by atoms with Gasteiger partial charge in [0.25, 0.3) is 0 Å². The minimum atomic E-state index is 0.775. The lowest BCUT2D eigenvalue weighted by Gasteiger charge is -2.02. The van der Waals surface area contributed by atoms with Crippen molar-refractivity contribution in [1.82, 2.24) is 14.3 Å². The highest BCUT2D eigenvalue weighted by Crippen LogP contribution is 2.08. The summed E-state index contributed by atoms with van der Waals surface area (Å²) in [5.41, 5.74) is 0.934. The van der Waals surface area contributed by atoms with Crippen LogP contribution in [0.5, 0.6) is 0 Å². The molecular weight excluding hydrogens is 196 g/mol. The zero-order valence-corrected chi connectivity index (χ0v) is 8.58. The van der Waals surface area contributed by atoms with Crippen LogP contribution in [0.3, 0.4) is 0 Å². The molecule has 0 aliphatic heterocycles. The molecule has 2 heterocycles. The van der Waals surface area contributed by atoms with Crippen molar-refractivity contribution in [3.05, 3.63) is 35.4 Å². The molecule has 14 heavy (non-hydrogen) atoms. The van der Waals surface area contributed by atoms with Crippen molar-refractivity contribution in [2.24, 2.45) is 0 Å². The molecule has 0 saturated carbocycles. The molecule has 4 nitrogen and oxygen atoms in total. The smallest absolute Gasteiger partial charge is 0.125 e. The molecule has 0 saturated heterocycles. The molecule has 2 aromatic rings. The summed E-state index contributed by atoms with van der Waals surface area (Å²) in [5.74, 6) is 0.786. The Morgan fingerprint density at radius 3 is 2.79 bits per heavy atom. The normalized spacial score (nSPS) is 10.1. The van der Waals surface area contributed by atoms with Gasteiger partial charge >= 0.3 is 0 Å². The third-order valence-corrected chi connectivity index (χ3v) is 2.48. The molecule has 0 fully saturated rings. The summed E-state index contributed by atoms with van der Waals surface area (Å²) in [6, 6.07) is 1.99. The first-order chi connectivity index (χ1) is 6.84. The summed E-state index contributed by atoms with van der Waals surface area (Å²) in [6.45, 7) is 2.64. The summed E-state index contributed by atoms with van der Waals surface area (Å²) in [4.78, 5) is 9.39. The van der Waals surface area contributed by atoms with Crippen LogP contribution in [0.1, 0.15) is 10.7 Å². The van der Waals surface area contributed by atoms with Crippen molar-refractivity contribution in [1.29, 1.82) is 0 Å². The lowest BCUT2D eigenvalue weighted by atomic mass is 10.4. The van der Waals surface area contributed by atoms with Crippen molar-refractivity contribution in [2.45, 2.75) is 13.5 Å². The van der Waals surface area contributed by atoms with E-state index in [1.807, 2.05) is 13.0 Å². The van der Waals surface area contributed by atoms with Crippen molar-refractivity contribution >= 4 is 17.2 Å². The van der Waals surface area contributed by atoms with E-state index in [1.165, 1.54) is 16.4 Å². The topological polar surface area (TPSA) is 50.7 Å². The number of rotatable bonds is 3. The minimum Gasteiger partial charge on any atom is -0.378 e. The van der Waals surface area contributed by atoms with Gasteiger partial charge < -0.3 is 5.32 Å². The lowest BCUT2D eigenvalue weighted by Crippen LogP contribution is -1.99. The van der Waals surface area contributed by atoms with E-state index < -0.39 is 0 Å². The number of hydrogen-bond acceptors (Lipinski definition) is 5. The quantitative estimate of drug-likeness (QED) is 0.832. The molecule has 0 atom stereocenters. The van der Waals surface area contributed by atoms with Crippen LogP contribution in [-0.4, -0.2) is 14.3 Å². The Labute approximate surface area is 86.2 Å². The standard InChI is InChI=1S/C9H10N4S/c1-7-10-4-8(5-11-7)12-6-9-2-3-13-14-9/h2-5,12H,6H2,1H3. The number of aromatic nitrogens is 3. The van der Waals surface area contributed by atoms with E-state index in [1.54, 1.807) is 18.6 Å². The summed E-state index contributed by atoms with van der Waals surface area (Å²) < 4.78 is 4.02. The van der Waals surface area contributed by atoms with Gasteiger partial charge in [0.1, 0.15) is 5.82 Å². The number of aryl methyl sites for hydroxylation is 1. The Kier molecular flexibility index (Phi) is 2.69. The molecule has 2 aromatic heterocycles. The van der Waals surface area contributed by atoms with Crippen molar-refractivity contribution in [3.63, 3.8) is 0 Å². The second-order valence-electron chi connectivity index (χ2n) is 2.85. The zero-order valence-electron chi connectivity index (χ0n) is 7.77. The SMILES string of the molecule is Cc1ncc(NCc2ccns2)cn1. The fourth-order valence-corrected chi connectivity index (χ4v) is 1.52. The summed E-state index contributed by atoms with van der Waals surface area (Å²) in [7, 11) is 0. The van der Waals surface area contributed by atoms with Gasteiger partial charge in [-0.2, -0.15) is 0 Å². The highest BCUT2D eigenvalue weighted by molar-refractivity contribution is 7.05. The first-order valence-electron chi connectivity index (χ1n) is 4.26. The first-order valence-corrected chi connectivity index (χ1v) is 5.04. The molecule has 0 aliphatic carbocycles. The molecule has 0 bridgehead atoms. The molecule has 0 unspecified atom stereocenters. The number of anilines is 1. The second kappa shape index (κ2) is 4.15. The molecule has 0 radical (unpaired) electrons. The summed E-state index contributed by atoms with van der Waals surface area (Å²) in [5, 5.41) is 3.22. The van der Waals surface area contributed by atoms with Gasteiger partial charge in [0, 0.05) is 11.1 Å². The summed E-state index contributed by atoms with van der Waals surface area (Å²) in [6.07, 6.45) is 5.36. The predicted octanol–water partition coefficient (Wildman–Crippen LogP) is 1.85. The molecule has 5 heteroatoms. The highest BCUT2D eigenvalue weighted by Gasteiger charge is 1.95. The Morgan fingerprint density at radius 1 is 1.36 bits per heavy atom. The van der Waals surface area contributed by atoms with Gasteiger partial charge in [-0.25, -0.2) is 14.3 Å². The van der Waals surface area contributed by atoms with E-state index >= 15 is 0 Å². The predicted molar refractivity (Wildman–Crippen MR) is 56.2 cm³/mol. The zero-order chi connectivity index (χ0) is 9.80. The Hall–Kier alpha value is -1.49. The van der Waals surface area contributed by atoms with Gasteiger partial charge in [0.2, 0.25) is 0 Å². The van der Waals surface area contributed by atoms with Gasteiger partial charge in [0.05, 0.1) is 24.6 Å². The van der Waals surface area contributed by atoms with E-state index in [4.69, 9.17) is 0 Å². The average molecular weight is 206 g/mol. The van der Waals surface area contributed by atoms with Crippen LogP contribution in [0, 0.1) is 6.92 Å². The molecule has 0 aromatic carbocycles. The third kappa shape index (κ3) is 2.26. The monoisotopic (exact) mass is 206 g/mol. The van der Waals surface area contributed by atoms with Gasteiger partial charge in [-0.1, -0.05) is 0 Å². The number of nitrogens with zero attached hydrogens (tertiary/aromatic N) is 3. The molecular formula is C9H10N4S. The molecule has 1 N–H and O–H groups in total. The Bertz CT molecular complexity index is 382. The largest absolute Gasteiger partial charge is 0.378 e. The maximum atomic E-state index is 4.09. The van der Waals surface area contributed by atoms with Crippen LogP contribution in [-0.2, 0) is 6.54 Å². The van der Waals surface area contributed by atoms with Crippen LogP contribution in [0.25, 0.3) is 0 Å². The average Bonchev–Trinajstić information content (AvgIpc) is 2.70. The first kappa shape index (κ1) is 9.08. The van der Waals surface area contributed by atoms with Crippen LogP contribution in [0.4, 0.5) is 5.69 Å². The maximum absolute atomic E-state index is 4.09. The molecule has 0 spiro atoms. The van der Waals surface area contributed by atoms with E-state index in [0.717, 1.165) is 18.1 Å². The van der Waals surface area contributed by atoms with Gasteiger partial charge in [-0.15, -0.1) is 0 Å². The van der Waals surface area contributed by atoms with E-state index in [0.29, 0.717) is 0 Å². The highest BCUT2D eigenvalue weighted by atomic mass is 32.1. The third-order valence-electron chi connectivity index (χ3n) is 1.74. The van der Waals surface area contributed by atoms with Crippen molar-refractivity contribution in [3.8, 4) is 0 Å². The molecule has 72 valence electrons. The molecule has 2 rings (SSSR count). The van der Waals surface area contributed by atoms with Gasteiger partial charge in [0.15, 0.2) is 0 Å². The van der Waals surface area contributed by atoms with Crippen LogP contribution < -0.4 is 5.32 Å². The fourth-order valence-electron chi connectivity index (χ4n) is 1.01. The van der Waals surface area contributed by atoms with E-state index in [2.05, 4.69) is 19.7 Å². The molecule has 0 amide bonds. The second-order valence-corrected chi connectivity index (χ2v) is 3.77. The summed E-state index contributed by atoms with van der Waals surface area (Å²) >= 11 is 1.49. The van der Waals surface area contributed by atoms with E-state index in [-0.39, 0.29) is 0 Å². The van der Waals surface area contributed by atoms with Crippen LogP contribution >= 0.6 is 11.5 Å².